The van der Waals surface area contributed by atoms with Crippen LogP contribution in [0.2, 0.25) is 0 Å². The molecule has 5 heteroatoms. The van der Waals surface area contributed by atoms with Gasteiger partial charge in [0.05, 0.1) is 12.5 Å². The molecule has 1 saturated carbocycles. The molecule has 5 nitrogen and oxygen atoms in total. The predicted octanol–water partition coefficient (Wildman–Crippen LogP) is 0.259. The lowest BCUT2D eigenvalue weighted by atomic mass is 10.1. The van der Waals surface area contributed by atoms with Gasteiger partial charge in [-0.3, -0.25) is 9.59 Å². The molecule has 1 aliphatic carbocycles. The van der Waals surface area contributed by atoms with E-state index in [0.29, 0.717) is 12.3 Å². The molecule has 0 aliphatic heterocycles. The van der Waals surface area contributed by atoms with Crippen molar-refractivity contribution >= 4 is 11.9 Å². The Morgan fingerprint density at radius 2 is 2.19 bits per heavy atom. The van der Waals surface area contributed by atoms with E-state index in [-0.39, 0.29) is 18.4 Å². The molecule has 4 N–H and O–H groups in total. The fraction of sp³-hybridized carbons (Fsp3) is 0.636. The molecule has 0 saturated heterocycles. The van der Waals surface area contributed by atoms with Crippen LogP contribution in [0.25, 0.3) is 0 Å². The van der Waals surface area contributed by atoms with E-state index < -0.39 is 12.0 Å². The van der Waals surface area contributed by atoms with E-state index in [9.17, 15) is 9.59 Å². The molecule has 0 aromatic rings. The predicted molar refractivity (Wildman–Crippen MR) is 59.7 cm³/mol. The van der Waals surface area contributed by atoms with Crippen molar-refractivity contribution in [3.63, 3.8) is 0 Å². The van der Waals surface area contributed by atoms with Crippen molar-refractivity contribution in [2.24, 2.45) is 11.7 Å². The maximum Gasteiger partial charge on any atom is 0.305 e. The molecule has 0 heterocycles. The van der Waals surface area contributed by atoms with Gasteiger partial charge < -0.3 is 16.2 Å². The summed E-state index contributed by atoms with van der Waals surface area (Å²) in [5.74, 6) is -0.886. The lowest BCUT2D eigenvalue weighted by molar-refractivity contribution is -0.138. The van der Waals surface area contributed by atoms with Crippen LogP contribution in [-0.2, 0) is 9.59 Å². The Hall–Kier alpha value is -1.36. The van der Waals surface area contributed by atoms with Gasteiger partial charge in [0.25, 0.3) is 0 Å². The highest BCUT2D eigenvalue weighted by molar-refractivity contribution is 5.82. The summed E-state index contributed by atoms with van der Waals surface area (Å²) in [6, 6.07) is -0.909. The zero-order chi connectivity index (χ0) is 12.1. The van der Waals surface area contributed by atoms with E-state index in [0.717, 1.165) is 12.8 Å². The van der Waals surface area contributed by atoms with Gasteiger partial charge >= 0.3 is 5.97 Å². The van der Waals surface area contributed by atoms with E-state index in [1.807, 2.05) is 0 Å². The van der Waals surface area contributed by atoms with E-state index in [4.69, 9.17) is 10.8 Å². The molecule has 1 aliphatic rings. The number of aliphatic carboxylic acids is 1. The van der Waals surface area contributed by atoms with Gasteiger partial charge in [-0.1, -0.05) is 6.08 Å². The summed E-state index contributed by atoms with van der Waals surface area (Å²) in [5.41, 5.74) is 5.60. The Morgan fingerprint density at radius 1 is 1.56 bits per heavy atom. The van der Waals surface area contributed by atoms with Gasteiger partial charge in [-0.15, -0.1) is 6.58 Å². The SMILES string of the molecule is C=CCC(N)C(=O)NC(CC(=O)O)C1CC1. The summed E-state index contributed by atoms with van der Waals surface area (Å²) >= 11 is 0. The van der Waals surface area contributed by atoms with E-state index in [1.54, 1.807) is 6.08 Å². The van der Waals surface area contributed by atoms with Crippen LogP contribution >= 0.6 is 0 Å². The van der Waals surface area contributed by atoms with Crippen LogP contribution in [0.15, 0.2) is 12.7 Å². The van der Waals surface area contributed by atoms with Crippen molar-refractivity contribution in [2.75, 3.05) is 0 Å². The van der Waals surface area contributed by atoms with Crippen LogP contribution in [0.5, 0.6) is 0 Å². The molecule has 1 rings (SSSR count). The minimum atomic E-state index is -0.894. The molecule has 1 fully saturated rings. The molecule has 0 aromatic heterocycles. The number of carboxylic acid groups (broad SMARTS) is 1. The van der Waals surface area contributed by atoms with Gasteiger partial charge in [0.15, 0.2) is 0 Å². The second-order valence-electron chi connectivity index (χ2n) is 4.18. The van der Waals surface area contributed by atoms with Crippen LogP contribution in [-0.4, -0.2) is 29.1 Å². The van der Waals surface area contributed by atoms with Gasteiger partial charge in [-0.05, 0) is 25.2 Å². The van der Waals surface area contributed by atoms with Crippen molar-refractivity contribution in [1.29, 1.82) is 0 Å². The first-order valence-corrected chi connectivity index (χ1v) is 5.43. The van der Waals surface area contributed by atoms with Crippen molar-refractivity contribution in [2.45, 2.75) is 37.8 Å². The number of rotatable bonds is 7. The Morgan fingerprint density at radius 3 is 2.62 bits per heavy atom. The number of hydrogen-bond donors (Lipinski definition) is 3. The molecule has 0 radical (unpaired) electrons. The van der Waals surface area contributed by atoms with Crippen LogP contribution in [0.1, 0.15) is 25.7 Å². The molecule has 2 atom stereocenters. The van der Waals surface area contributed by atoms with Crippen molar-refractivity contribution in [3.8, 4) is 0 Å². The third kappa shape index (κ3) is 4.02. The third-order valence-corrected chi connectivity index (χ3v) is 2.67. The number of amides is 1. The molecule has 0 bridgehead atoms. The summed E-state index contributed by atoms with van der Waals surface area (Å²) < 4.78 is 0. The van der Waals surface area contributed by atoms with Crippen LogP contribution < -0.4 is 11.1 Å². The zero-order valence-corrected chi connectivity index (χ0v) is 9.19. The quantitative estimate of drug-likeness (QED) is 0.543. The summed E-state index contributed by atoms with van der Waals surface area (Å²) in [6.45, 7) is 3.50. The average molecular weight is 226 g/mol. The molecule has 2 unspecified atom stereocenters. The number of nitrogens with two attached hydrogens (primary N) is 1. The molecule has 0 spiro atoms. The van der Waals surface area contributed by atoms with Gasteiger partial charge in [0.1, 0.15) is 0 Å². The summed E-state index contributed by atoms with van der Waals surface area (Å²) in [4.78, 5) is 22.2. The number of carbonyl (C=O) groups excluding carboxylic acids is 1. The highest BCUT2D eigenvalue weighted by Gasteiger charge is 2.34. The van der Waals surface area contributed by atoms with Gasteiger partial charge in [-0.2, -0.15) is 0 Å². The second-order valence-corrected chi connectivity index (χ2v) is 4.18. The molecular formula is C11H18N2O3. The van der Waals surface area contributed by atoms with Crippen LogP contribution in [0.4, 0.5) is 0 Å². The molecule has 0 aromatic carbocycles. The zero-order valence-electron chi connectivity index (χ0n) is 9.19. The molecule has 1 amide bonds. The maximum atomic E-state index is 11.6. The highest BCUT2D eigenvalue weighted by atomic mass is 16.4. The van der Waals surface area contributed by atoms with Crippen LogP contribution in [0, 0.1) is 5.92 Å². The molecule has 90 valence electrons. The summed E-state index contributed by atoms with van der Waals surface area (Å²) in [6.07, 6.45) is 3.91. The topological polar surface area (TPSA) is 92.4 Å². The van der Waals surface area contributed by atoms with Crippen molar-refractivity contribution in [3.05, 3.63) is 12.7 Å². The smallest absolute Gasteiger partial charge is 0.305 e. The fourth-order valence-corrected chi connectivity index (χ4v) is 1.60. The van der Waals surface area contributed by atoms with Gasteiger partial charge in [-0.25, -0.2) is 0 Å². The van der Waals surface area contributed by atoms with E-state index in [1.165, 1.54) is 0 Å². The standard InChI is InChI=1S/C11H18N2O3/c1-2-3-8(12)11(16)13-9(6-10(14)15)7-4-5-7/h2,7-9H,1,3-6,12H2,(H,13,16)(H,14,15). The van der Waals surface area contributed by atoms with E-state index >= 15 is 0 Å². The van der Waals surface area contributed by atoms with Crippen molar-refractivity contribution in [1.82, 2.24) is 5.32 Å². The highest BCUT2D eigenvalue weighted by Crippen LogP contribution is 2.34. The Balaban J connectivity index is 2.44. The largest absolute Gasteiger partial charge is 0.481 e. The minimum absolute atomic E-state index is 0.0305. The lowest BCUT2D eigenvalue weighted by Gasteiger charge is -2.18. The minimum Gasteiger partial charge on any atom is -0.481 e. The Kier molecular flexibility index (Phi) is 4.49. The van der Waals surface area contributed by atoms with Crippen LogP contribution in [0.3, 0.4) is 0 Å². The number of carboxylic acids is 1. The normalized spacial score (nSPS) is 18.6. The van der Waals surface area contributed by atoms with Gasteiger partial charge in [0.2, 0.25) is 5.91 Å². The first-order chi connectivity index (χ1) is 7.54. The third-order valence-electron chi connectivity index (χ3n) is 2.67. The van der Waals surface area contributed by atoms with Gasteiger partial charge in [0, 0.05) is 6.04 Å². The average Bonchev–Trinajstić information content (AvgIpc) is 2.99. The number of carbonyl (C=O) groups is 2. The first kappa shape index (κ1) is 12.7. The monoisotopic (exact) mass is 226 g/mol. The van der Waals surface area contributed by atoms with Crippen molar-refractivity contribution < 1.29 is 14.7 Å². The molecule has 16 heavy (non-hydrogen) atoms. The lowest BCUT2D eigenvalue weighted by Crippen LogP contribution is -2.46. The Labute approximate surface area is 94.7 Å². The second kappa shape index (κ2) is 5.65. The number of hydrogen-bond acceptors (Lipinski definition) is 3. The first-order valence-electron chi connectivity index (χ1n) is 5.43. The number of nitrogens with one attached hydrogen (secondary N) is 1. The summed E-state index contributed by atoms with van der Waals surface area (Å²) in [7, 11) is 0. The van der Waals surface area contributed by atoms with E-state index in [2.05, 4.69) is 11.9 Å². The summed E-state index contributed by atoms with van der Waals surface area (Å²) in [5, 5.41) is 11.4. The maximum absolute atomic E-state index is 11.6. The molecular weight excluding hydrogens is 208 g/mol. The Bertz CT molecular complexity index is 287. The fourth-order valence-electron chi connectivity index (χ4n) is 1.60.